The highest BCUT2D eigenvalue weighted by atomic mass is 35.5. The number of nitrogens with one attached hydrogen (secondary N) is 2. The number of halogens is 6. The SMILES string of the molecule is CC(NSc1c(Cl)c(C(=O)Nc2ccc(F)c(F)c2)n2c1C=CC2)OC(F)(F)F. The quantitative estimate of drug-likeness (QED) is 0.359. The zero-order valence-corrected chi connectivity index (χ0v) is 16.2. The molecule has 5 nitrogen and oxygen atoms in total. The molecule has 1 aliphatic rings. The second-order valence-corrected chi connectivity index (χ2v) is 7.12. The third-order valence-corrected chi connectivity index (χ3v) is 5.34. The van der Waals surface area contributed by atoms with Crippen molar-refractivity contribution in [2.45, 2.75) is 31.0 Å². The van der Waals surface area contributed by atoms with E-state index in [4.69, 9.17) is 11.6 Å². The maximum atomic E-state index is 13.4. The Morgan fingerprint density at radius 1 is 1.31 bits per heavy atom. The van der Waals surface area contributed by atoms with Crippen LogP contribution in [0.15, 0.2) is 29.2 Å². The molecular weight excluding hydrogens is 441 g/mol. The second kappa shape index (κ2) is 8.34. The Morgan fingerprint density at radius 3 is 2.69 bits per heavy atom. The van der Waals surface area contributed by atoms with E-state index in [2.05, 4.69) is 14.8 Å². The van der Waals surface area contributed by atoms with Crippen molar-refractivity contribution in [2.24, 2.45) is 0 Å². The Balaban J connectivity index is 1.81. The summed E-state index contributed by atoms with van der Waals surface area (Å²) >= 11 is 7.09. The van der Waals surface area contributed by atoms with Gasteiger partial charge in [0.25, 0.3) is 5.91 Å². The second-order valence-electron chi connectivity index (χ2n) is 5.90. The molecule has 12 heteroatoms. The van der Waals surface area contributed by atoms with E-state index in [1.807, 2.05) is 0 Å². The lowest BCUT2D eigenvalue weighted by Crippen LogP contribution is -2.29. The van der Waals surface area contributed by atoms with Gasteiger partial charge in [0.2, 0.25) is 0 Å². The summed E-state index contributed by atoms with van der Waals surface area (Å²) in [5.74, 6) is -2.87. The lowest BCUT2D eigenvalue weighted by Gasteiger charge is -2.15. The third kappa shape index (κ3) is 4.92. The minimum Gasteiger partial charge on any atom is -0.331 e. The van der Waals surface area contributed by atoms with Crippen molar-refractivity contribution in [1.29, 1.82) is 0 Å². The number of benzene rings is 1. The molecule has 1 aromatic heterocycles. The van der Waals surface area contributed by atoms with E-state index in [0.717, 1.165) is 31.0 Å². The van der Waals surface area contributed by atoms with Crippen LogP contribution in [-0.4, -0.2) is 23.1 Å². The van der Waals surface area contributed by atoms with Gasteiger partial charge in [-0.25, -0.2) is 13.5 Å². The van der Waals surface area contributed by atoms with Crippen LogP contribution in [0.5, 0.6) is 0 Å². The van der Waals surface area contributed by atoms with Crippen LogP contribution in [0.4, 0.5) is 27.6 Å². The van der Waals surface area contributed by atoms with Crippen LogP contribution < -0.4 is 10.0 Å². The standard InChI is InChI=1S/C17H13ClF5N3O2S/c1-8(28-17(21,22)23)25-29-15-12-3-2-6-26(12)14(13(15)18)16(27)24-9-4-5-10(19)11(20)7-9/h2-5,7-8,25H,6H2,1H3,(H,24,27). The van der Waals surface area contributed by atoms with Crippen molar-refractivity contribution >= 4 is 41.2 Å². The van der Waals surface area contributed by atoms with Gasteiger partial charge in [0, 0.05) is 18.3 Å². The number of carbonyl (C=O) groups is 1. The molecule has 2 aromatic rings. The normalized spacial score (nSPS) is 14.2. The Hall–Kier alpha value is -2.08. The summed E-state index contributed by atoms with van der Waals surface area (Å²) in [7, 11) is 0. The molecule has 0 fully saturated rings. The molecular formula is C17H13ClF5N3O2S. The van der Waals surface area contributed by atoms with Gasteiger partial charge in [0.15, 0.2) is 11.6 Å². The van der Waals surface area contributed by atoms with E-state index in [0.29, 0.717) is 17.1 Å². The average Bonchev–Trinajstić information content (AvgIpc) is 3.15. The first-order valence-corrected chi connectivity index (χ1v) is 9.28. The molecule has 1 aromatic carbocycles. The van der Waals surface area contributed by atoms with E-state index >= 15 is 0 Å². The summed E-state index contributed by atoms with van der Waals surface area (Å²) in [6.45, 7) is 1.47. The van der Waals surface area contributed by atoms with Gasteiger partial charge in [-0.3, -0.25) is 9.53 Å². The first-order valence-electron chi connectivity index (χ1n) is 8.08. The highest BCUT2D eigenvalue weighted by molar-refractivity contribution is 7.97. The van der Waals surface area contributed by atoms with E-state index in [1.54, 1.807) is 16.7 Å². The molecule has 0 bridgehead atoms. The Kier molecular flexibility index (Phi) is 6.22. The van der Waals surface area contributed by atoms with Crippen molar-refractivity contribution in [3.63, 3.8) is 0 Å². The molecule has 1 amide bonds. The first-order chi connectivity index (χ1) is 13.6. The fourth-order valence-corrected chi connectivity index (χ4v) is 3.86. The Morgan fingerprint density at radius 2 is 2.03 bits per heavy atom. The molecule has 2 N–H and O–H groups in total. The van der Waals surface area contributed by atoms with Crippen molar-refractivity contribution in [3.8, 4) is 0 Å². The number of nitrogens with zero attached hydrogens (tertiary/aromatic N) is 1. The summed E-state index contributed by atoms with van der Waals surface area (Å²) in [4.78, 5) is 13.0. The van der Waals surface area contributed by atoms with E-state index in [-0.39, 0.29) is 16.4 Å². The van der Waals surface area contributed by atoms with Gasteiger partial charge in [-0.15, -0.1) is 13.2 Å². The van der Waals surface area contributed by atoms with Gasteiger partial charge in [0.1, 0.15) is 11.9 Å². The van der Waals surface area contributed by atoms with Crippen molar-refractivity contribution < 1.29 is 31.5 Å². The van der Waals surface area contributed by atoms with Gasteiger partial charge in [-0.1, -0.05) is 17.7 Å². The maximum Gasteiger partial charge on any atom is 0.524 e. The van der Waals surface area contributed by atoms with Crippen LogP contribution in [0.3, 0.4) is 0 Å². The smallest absolute Gasteiger partial charge is 0.331 e. The van der Waals surface area contributed by atoms with Crippen LogP contribution in [0.1, 0.15) is 23.1 Å². The van der Waals surface area contributed by atoms with Crippen molar-refractivity contribution in [2.75, 3.05) is 5.32 Å². The number of anilines is 1. The van der Waals surface area contributed by atoms with Gasteiger partial charge < -0.3 is 9.88 Å². The first kappa shape index (κ1) is 21.6. The van der Waals surface area contributed by atoms with Crippen LogP contribution in [0, 0.1) is 11.6 Å². The molecule has 29 heavy (non-hydrogen) atoms. The fourth-order valence-electron chi connectivity index (χ4n) is 2.66. The minimum atomic E-state index is -4.81. The summed E-state index contributed by atoms with van der Waals surface area (Å²) in [5, 5.41) is 2.43. The number of hydrogen-bond donors (Lipinski definition) is 2. The average molecular weight is 454 g/mol. The third-order valence-electron chi connectivity index (χ3n) is 3.79. The molecule has 2 heterocycles. The number of allylic oxidation sites excluding steroid dienone is 1. The van der Waals surface area contributed by atoms with Crippen molar-refractivity contribution in [3.05, 3.63) is 52.3 Å². The number of ether oxygens (including phenoxy) is 1. The predicted octanol–water partition coefficient (Wildman–Crippen LogP) is 5.18. The zero-order chi connectivity index (χ0) is 21.3. The fraction of sp³-hybridized carbons (Fsp3) is 0.235. The molecule has 0 spiro atoms. The lowest BCUT2D eigenvalue weighted by atomic mass is 10.3. The monoisotopic (exact) mass is 453 g/mol. The number of hydrogen-bond acceptors (Lipinski definition) is 4. The summed E-state index contributed by atoms with van der Waals surface area (Å²) in [6, 6.07) is 2.87. The summed E-state index contributed by atoms with van der Waals surface area (Å²) < 4.78 is 71.1. The molecule has 0 saturated carbocycles. The molecule has 0 saturated heterocycles. The molecule has 1 atom stereocenters. The lowest BCUT2D eigenvalue weighted by molar-refractivity contribution is -0.341. The zero-order valence-electron chi connectivity index (χ0n) is 14.6. The van der Waals surface area contributed by atoms with Crippen LogP contribution in [0.25, 0.3) is 6.08 Å². The predicted molar refractivity (Wildman–Crippen MR) is 98.4 cm³/mol. The van der Waals surface area contributed by atoms with Crippen LogP contribution >= 0.6 is 23.5 Å². The molecule has 1 unspecified atom stereocenters. The highest BCUT2D eigenvalue weighted by Gasteiger charge is 2.33. The van der Waals surface area contributed by atoms with Gasteiger partial charge >= 0.3 is 6.36 Å². The number of rotatable bonds is 6. The van der Waals surface area contributed by atoms with E-state index in [9.17, 15) is 26.7 Å². The number of amides is 1. The number of alkyl halides is 3. The van der Waals surface area contributed by atoms with Crippen molar-refractivity contribution in [1.82, 2.24) is 9.29 Å². The molecule has 3 rings (SSSR count). The molecule has 0 aliphatic carbocycles. The largest absolute Gasteiger partial charge is 0.524 e. The number of aromatic nitrogens is 1. The van der Waals surface area contributed by atoms with E-state index < -0.39 is 30.1 Å². The van der Waals surface area contributed by atoms with Crippen LogP contribution in [-0.2, 0) is 11.3 Å². The summed E-state index contributed by atoms with van der Waals surface area (Å²) in [5.41, 5.74) is 0.568. The van der Waals surface area contributed by atoms with Crippen LogP contribution in [0.2, 0.25) is 5.02 Å². The Labute approximate surface area is 171 Å². The van der Waals surface area contributed by atoms with Gasteiger partial charge in [-0.05, 0) is 37.1 Å². The molecule has 156 valence electrons. The minimum absolute atomic E-state index is 0.00106. The summed E-state index contributed by atoms with van der Waals surface area (Å²) in [6.07, 6.45) is -2.79. The molecule has 1 aliphatic heterocycles. The molecule has 0 radical (unpaired) electrons. The maximum absolute atomic E-state index is 13.4. The number of carbonyl (C=O) groups excluding carboxylic acids is 1. The highest BCUT2D eigenvalue weighted by Crippen LogP contribution is 2.38. The van der Waals surface area contributed by atoms with Gasteiger partial charge in [0.05, 0.1) is 15.6 Å². The Bertz CT molecular complexity index is 977. The van der Waals surface area contributed by atoms with Gasteiger partial charge in [-0.2, -0.15) is 0 Å². The number of fused-ring (bicyclic) bond motifs is 1. The topological polar surface area (TPSA) is 55.3 Å². The van der Waals surface area contributed by atoms with E-state index in [1.165, 1.54) is 6.07 Å².